The second-order valence-corrected chi connectivity index (χ2v) is 5.29. The van der Waals surface area contributed by atoms with Gasteiger partial charge in [-0.2, -0.15) is 0 Å². The molecule has 1 saturated heterocycles. The predicted octanol–water partition coefficient (Wildman–Crippen LogP) is 1.49. The number of nitrogens with zero attached hydrogens (tertiary/aromatic N) is 3. The molecule has 1 aliphatic heterocycles. The molecule has 0 radical (unpaired) electrons. The third kappa shape index (κ3) is 2.18. The van der Waals surface area contributed by atoms with E-state index in [0.717, 1.165) is 23.8 Å². The molecule has 0 amide bonds. The Balaban J connectivity index is 2.03. The van der Waals surface area contributed by atoms with E-state index in [0.29, 0.717) is 17.3 Å². The number of aliphatic carboxylic acids is 1. The van der Waals surface area contributed by atoms with E-state index in [1.807, 2.05) is 6.92 Å². The van der Waals surface area contributed by atoms with Crippen LogP contribution in [0.5, 0.6) is 0 Å². The Hall–Kier alpha value is -0.720. The SMILES string of the molecule is CC1C(C(=O)O)CCN1Cc1nnsc1Cl. The van der Waals surface area contributed by atoms with Crippen LogP contribution in [-0.4, -0.2) is 38.1 Å². The zero-order chi connectivity index (χ0) is 11.7. The molecule has 0 bridgehead atoms. The number of likely N-dealkylation sites (tertiary alicyclic amines) is 1. The number of aromatic nitrogens is 2. The smallest absolute Gasteiger partial charge is 0.308 e. The van der Waals surface area contributed by atoms with E-state index in [4.69, 9.17) is 16.7 Å². The summed E-state index contributed by atoms with van der Waals surface area (Å²) >= 11 is 7.07. The van der Waals surface area contributed by atoms with Gasteiger partial charge in [0.1, 0.15) is 10.0 Å². The average molecular weight is 262 g/mol. The largest absolute Gasteiger partial charge is 0.481 e. The molecular formula is C9H12ClN3O2S. The molecule has 2 atom stereocenters. The summed E-state index contributed by atoms with van der Waals surface area (Å²) in [4.78, 5) is 13.0. The summed E-state index contributed by atoms with van der Waals surface area (Å²) in [6, 6.07) is 0.0234. The van der Waals surface area contributed by atoms with Crippen molar-refractivity contribution in [3.63, 3.8) is 0 Å². The number of rotatable bonds is 3. The van der Waals surface area contributed by atoms with Crippen molar-refractivity contribution >= 4 is 29.1 Å². The summed E-state index contributed by atoms with van der Waals surface area (Å²) in [5, 5.41) is 12.9. The summed E-state index contributed by atoms with van der Waals surface area (Å²) in [7, 11) is 0. The van der Waals surface area contributed by atoms with Crippen LogP contribution in [0.2, 0.25) is 4.34 Å². The standard InChI is InChI=1S/C9H12ClN3O2S/c1-5-6(9(14)15)2-3-13(5)4-7-8(10)16-12-11-7/h5-6H,2-4H2,1H3,(H,14,15). The Morgan fingerprint density at radius 1 is 1.75 bits per heavy atom. The van der Waals surface area contributed by atoms with Gasteiger partial charge >= 0.3 is 5.97 Å². The molecule has 0 spiro atoms. The molecule has 2 unspecified atom stereocenters. The highest BCUT2D eigenvalue weighted by Gasteiger charge is 2.35. The van der Waals surface area contributed by atoms with Crippen LogP contribution >= 0.6 is 23.1 Å². The Morgan fingerprint density at radius 2 is 2.50 bits per heavy atom. The fraction of sp³-hybridized carbons (Fsp3) is 0.667. The van der Waals surface area contributed by atoms with Crippen LogP contribution in [0, 0.1) is 5.92 Å². The molecule has 2 rings (SSSR count). The number of hydrogen-bond acceptors (Lipinski definition) is 5. The maximum Gasteiger partial charge on any atom is 0.308 e. The lowest BCUT2D eigenvalue weighted by Gasteiger charge is -2.21. The van der Waals surface area contributed by atoms with Crippen molar-refractivity contribution in [1.82, 2.24) is 14.5 Å². The lowest BCUT2D eigenvalue weighted by molar-refractivity contribution is -0.142. The van der Waals surface area contributed by atoms with Gasteiger partial charge in [-0.3, -0.25) is 9.69 Å². The van der Waals surface area contributed by atoms with Crippen LogP contribution < -0.4 is 0 Å². The summed E-state index contributed by atoms with van der Waals surface area (Å²) < 4.78 is 4.35. The predicted molar refractivity (Wildman–Crippen MR) is 60.5 cm³/mol. The highest BCUT2D eigenvalue weighted by Crippen LogP contribution is 2.27. The second kappa shape index (κ2) is 4.65. The van der Waals surface area contributed by atoms with Gasteiger partial charge in [-0.05, 0) is 19.9 Å². The lowest BCUT2D eigenvalue weighted by atomic mass is 10.0. The highest BCUT2D eigenvalue weighted by atomic mass is 35.5. The van der Waals surface area contributed by atoms with Gasteiger partial charge in [-0.25, -0.2) is 0 Å². The Kier molecular flexibility index (Phi) is 3.41. The Morgan fingerprint density at radius 3 is 3.00 bits per heavy atom. The normalized spacial score (nSPS) is 26.1. The summed E-state index contributed by atoms with van der Waals surface area (Å²) in [6.45, 7) is 3.28. The number of halogens is 1. The molecule has 88 valence electrons. The van der Waals surface area contributed by atoms with E-state index in [2.05, 4.69) is 14.5 Å². The molecule has 7 heteroatoms. The van der Waals surface area contributed by atoms with Crippen molar-refractivity contribution in [3.05, 3.63) is 10.0 Å². The van der Waals surface area contributed by atoms with Crippen molar-refractivity contribution in [3.8, 4) is 0 Å². The topological polar surface area (TPSA) is 66.3 Å². The molecule has 0 aromatic carbocycles. The van der Waals surface area contributed by atoms with Crippen LogP contribution in [0.15, 0.2) is 0 Å². The summed E-state index contributed by atoms with van der Waals surface area (Å²) in [5.74, 6) is -1.01. The summed E-state index contributed by atoms with van der Waals surface area (Å²) in [6.07, 6.45) is 0.686. The molecule has 5 nitrogen and oxygen atoms in total. The van der Waals surface area contributed by atoms with Crippen molar-refractivity contribution < 1.29 is 9.90 Å². The number of carbonyl (C=O) groups is 1. The van der Waals surface area contributed by atoms with Gasteiger partial charge in [0, 0.05) is 24.1 Å². The Labute approximate surface area is 102 Å². The van der Waals surface area contributed by atoms with Crippen LogP contribution in [0.1, 0.15) is 19.0 Å². The first-order chi connectivity index (χ1) is 7.59. The van der Waals surface area contributed by atoms with Gasteiger partial charge in [0.25, 0.3) is 0 Å². The first-order valence-electron chi connectivity index (χ1n) is 5.03. The fourth-order valence-electron chi connectivity index (χ4n) is 2.04. The first-order valence-corrected chi connectivity index (χ1v) is 6.18. The maximum absolute atomic E-state index is 10.9. The summed E-state index contributed by atoms with van der Waals surface area (Å²) in [5.41, 5.74) is 0.740. The van der Waals surface area contributed by atoms with Gasteiger partial charge < -0.3 is 5.11 Å². The minimum Gasteiger partial charge on any atom is -0.481 e. The second-order valence-electron chi connectivity index (χ2n) is 3.94. The third-order valence-electron chi connectivity index (χ3n) is 3.07. The zero-order valence-electron chi connectivity index (χ0n) is 8.76. The van der Waals surface area contributed by atoms with Crippen LogP contribution in [-0.2, 0) is 11.3 Å². The van der Waals surface area contributed by atoms with Crippen LogP contribution in [0.3, 0.4) is 0 Å². The minimum absolute atomic E-state index is 0.0234. The number of carboxylic acids is 1. The van der Waals surface area contributed by atoms with Gasteiger partial charge in [-0.1, -0.05) is 16.1 Å². The monoisotopic (exact) mass is 261 g/mol. The Bertz CT molecular complexity index is 398. The van der Waals surface area contributed by atoms with E-state index in [1.165, 1.54) is 0 Å². The molecule has 2 heterocycles. The first kappa shape index (κ1) is 11.8. The van der Waals surface area contributed by atoms with E-state index in [-0.39, 0.29) is 12.0 Å². The molecule has 1 fully saturated rings. The number of hydrogen-bond donors (Lipinski definition) is 1. The third-order valence-corrected chi connectivity index (χ3v) is 4.05. The highest BCUT2D eigenvalue weighted by molar-refractivity contribution is 7.10. The molecule has 1 aromatic heterocycles. The van der Waals surface area contributed by atoms with Crippen LogP contribution in [0.25, 0.3) is 0 Å². The lowest BCUT2D eigenvalue weighted by Crippen LogP contribution is -2.32. The zero-order valence-corrected chi connectivity index (χ0v) is 10.3. The van der Waals surface area contributed by atoms with Crippen molar-refractivity contribution in [2.75, 3.05) is 6.54 Å². The number of carboxylic acid groups (broad SMARTS) is 1. The fourth-order valence-corrected chi connectivity index (χ4v) is 2.65. The quantitative estimate of drug-likeness (QED) is 0.893. The molecular weight excluding hydrogens is 250 g/mol. The maximum atomic E-state index is 10.9. The molecule has 1 aliphatic rings. The van der Waals surface area contributed by atoms with Gasteiger partial charge in [-0.15, -0.1) is 5.10 Å². The van der Waals surface area contributed by atoms with E-state index >= 15 is 0 Å². The van der Waals surface area contributed by atoms with Crippen LogP contribution in [0.4, 0.5) is 0 Å². The van der Waals surface area contributed by atoms with Crippen molar-refractivity contribution in [2.24, 2.45) is 5.92 Å². The van der Waals surface area contributed by atoms with E-state index in [9.17, 15) is 4.79 Å². The van der Waals surface area contributed by atoms with Gasteiger partial charge in [0.15, 0.2) is 0 Å². The average Bonchev–Trinajstić information content (AvgIpc) is 2.76. The molecule has 16 heavy (non-hydrogen) atoms. The van der Waals surface area contributed by atoms with Crippen molar-refractivity contribution in [2.45, 2.75) is 25.9 Å². The van der Waals surface area contributed by atoms with E-state index < -0.39 is 5.97 Å². The molecule has 1 aromatic rings. The van der Waals surface area contributed by atoms with Gasteiger partial charge in [0.05, 0.1) is 5.92 Å². The van der Waals surface area contributed by atoms with Crippen molar-refractivity contribution in [1.29, 1.82) is 0 Å². The molecule has 0 saturated carbocycles. The van der Waals surface area contributed by atoms with Gasteiger partial charge in [0.2, 0.25) is 0 Å². The van der Waals surface area contributed by atoms with E-state index in [1.54, 1.807) is 0 Å². The molecule has 1 N–H and O–H groups in total. The minimum atomic E-state index is -0.725. The molecule has 0 aliphatic carbocycles.